The highest BCUT2D eigenvalue weighted by atomic mass is 16.6. The van der Waals surface area contributed by atoms with Gasteiger partial charge in [0.1, 0.15) is 11.1 Å². The molecule has 2 aliphatic rings. The van der Waals surface area contributed by atoms with Gasteiger partial charge in [-0.05, 0) is 64.7 Å². The van der Waals surface area contributed by atoms with Crippen molar-refractivity contribution in [2.24, 2.45) is 5.41 Å². The lowest BCUT2D eigenvalue weighted by Gasteiger charge is -2.39. The number of ether oxygens (including phenoxy) is 3. The van der Waals surface area contributed by atoms with Gasteiger partial charge in [0.15, 0.2) is 0 Å². The number of carbonyl (C=O) groups excluding carboxylic acids is 2. The molecule has 0 radical (unpaired) electrons. The predicted octanol–water partition coefficient (Wildman–Crippen LogP) is 3.92. The third-order valence-corrected chi connectivity index (χ3v) is 5.34. The average molecular weight is 370 g/mol. The Kier molecular flexibility index (Phi) is 6.59. The molecule has 6 nitrogen and oxygen atoms in total. The first-order chi connectivity index (χ1) is 12.2. The van der Waals surface area contributed by atoms with E-state index >= 15 is 0 Å². The zero-order valence-electron chi connectivity index (χ0n) is 17.1. The smallest absolute Gasteiger partial charge is 0.411 e. The fourth-order valence-corrected chi connectivity index (χ4v) is 3.82. The van der Waals surface area contributed by atoms with Gasteiger partial charge in [0.05, 0.1) is 13.7 Å². The number of esters is 1. The third kappa shape index (κ3) is 4.90. The van der Waals surface area contributed by atoms with Crippen molar-refractivity contribution in [2.75, 3.05) is 26.9 Å². The summed E-state index contributed by atoms with van der Waals surface area (Å²) >= 11 is 0. The molecule has 0 aromatic carbocycles. The Hall–Kier alpha value is -1.30. The monoisotopic (exact) mass is 369 g/mol. The number of carbonyl (C=O) groups is 2. The van der Waals surface area contributed by atoms with Crippen LogP contribution in [0.3, 0.4) is 0 Å². The molecule has 1 saturated carbocycles. The van der Waals surface area contributed by atoms with Crippen LogP contribution in [0.25, 0.3) is 0 Å². The topological polar surface area (TPSA) is 65.1 Å². The second-order valence-corrected chi connectivity index (χ2v) is 8.84. The standard InChI is InChI=1S/C20H35NO5/c1-6-7-13-25-15-19(10-11-19)14-20(16(22)24-5)9-8-12-21(20)17(23)26-18(2,3)4/h6-15H2,1-5H3. The number of unbranched alkanes of at least 4 members (excludes halogenated alkanes) is 1. The van der Waals surface area contributed by atoms with Crippen LogP contribution in [0.5, 0.6) is 0 Å². The first-order valence-corrected chi connectivity index (χ1v) is 9.85. The summed E-state index contributed by atoms with van der Waals surface area (Å²) in [6, 6.07) is 0. The molecule has 150 valence electrons. The van der Waals surface area contributed by atoms with E-state index in [2.05, 4.69) is 6.92 Å². The Morgan fingerprint density at radius 2 is 1.85 bits per heavy atom. The summed E-state index contributed by atoms with van der Waals surface area (Å²) in [7, 11) is 1.40. The van der Waals surface area contributed by atoms with Gasteiger partial charge in [-0.3, -0.25) is 4.90 Å². The fourth-order valence-electron chi connectivity index (χ4n) is 3.82. The van der Waals surface area contributed by atoms with Crippen LogP contribution < -0.4 is 0 Å². The van der Waals surface area contributed by atoms with Crippen molar-refractivity contribution in [3.63, 3.8) is 0 Å². The average Bonchev–Trinajstić information content (AvgIpc) is 3.17. The van der Waals surface area contributed by atoms with Gasteiger partial charge in [-0.25, -0.2) is 9.59 Å². The molecular formula is C20H35NO5. The predicted molar refractivity (Wildman–Crippen MR) is 98.9 cm³/mol. The number of rotatable bonds is 8. The molecular weight excluding hydrogens is 334 g/mol. The summed E-state index contributed by atoms with van der Waals surface area (Å²) in [6.07, 6.45) is 5.77. The van der Waals surface area contributed by atoms with Crippen molar-refractivity contribution in [2.45, 2.75) is 83.8 Å². The van der Waals surface area contributed by atoms with Crippen molar-refractivity contribution in [1.29, 1.82) is 0 Å². The summed E-state index contributed by atoms with van der Waals surface area (Å²) in [5.41, 5.74) is -1.55. The number of methoxy groups -OCH3 is 1. The van der Waals surface area contributed by atoms with E-state index in [-0.39, 0.29) is 11.4 Å². The molecule has 2 rings (SSSR count). The Labute approximate surface area is 157 Å². The highest BCUT2D eigenvalue weighted by Gasteiger charge is 2.59. The molecule has 0 spiro atoms. The maximum atomic E-state index is 12.8. The van der Waals surface area contributed by atoms with Crippen LogP contribution in [-0.4, -0.2) is 55.0 Å². The highest BCUT2D eigenvalue weighted by Crippen LogP contribution is 2.55. The molecule has 0 bridgehead atoms. The lowest BCUT2D eigenvalue weighted by Crippen LogP contribution is -2.56. The van der Waals surface area contributed by atoms with Gasteiger partial charge < -0.3 is 14.2 Å². The van der Waals surface area contributed by atoms with Crippen LogP contribution in [0.1, 0.15) is 72.6 Å². The summed E-state index contributed by atoms with van der Waals surface area (Å²) in [4.78, 5) is 27.2. The zero-order valence-corrected chi connectivity index (χ0v) is 17.1. The Morgan fingerprint density at radius 3 is 2.38 bits per heavy atom. The van der Waals surface area contributed by atoms with Crippen LogP contribution in [0.4, 0.5) is 4.79 Å². The van der Waals surface area contributed by atoms with E-state index < -0.39 is 17.2 Å². The van der Waals surface area contributed by atoms with Crippen LogP contribution in [0, 0.1) is 5.41 Å². The van der Waals surface area contributed by atoms with Gasteiger partial charge in [-0.2, -0.15) is 0 Å². The molecule has 1 heterocycles. The Morgan fingerprint density at radius 1 is 1.15 bits per heavy atom. The number of nitrogens with zero attached hydrogens (tertiary/aromatic N) is 1. The van der Waals surface area contributed by atoms with Gasteiger partial charge in [-0.1, -0.05) is 13.3 Å². The van der Waals surface area contributed by atoms with Crippen molar-refractivity contribution >= 4 is 12.1 Å². The van der Waals surface area contributed by atoms with E-state index in [9.17, 15) is 9.59 Å². The third-order valence-electron chi connectivity index (χ3n) is 5.34. The van der Waals surface area contributed by atoms with Gasteiger partial charge in [0.2, 0.25) is 0 Å². The number of amides is 1. The van der Waals surface area contributed by atoms with Gasteiger partial charge in [0.25, 0.3) is 0 Å². The van der Waals surface area contributed by atoms with Gasteiger partial charge in [-0.15, -0.1) is 0 Å². The maximum Gasteiger partial charge on any atom is 0.411 e. The first kappa shape index (κ1) is 21.0. The highest BCUT2D eigenvalue weighted by molar-refractivity contribution is 5.86. The van der Waals surface area contributed by atoms with Gasteiger partial charge >= 0.3 is 12.1 Å². The van der Waals surface area contributed by atoms with Crippen LogP contribution >= 0.6 is 0 Å². The Balaban J connectivity index is 2.14. The molecule has 1 aliphatic heterocycles. The zero-order chi connectivity index (χ0) is 19.4. The summed E-state index contributed by atoms with van der Waals surface area (Å²) in [6.45, 7) is 9.57. The van der Waals surface area contributed by atoms with E-state index in [1.165, 1.54) is 7.11 Å². The normalized spacial score (nSPS) is 24.4. The molecule has 1 unspecified atom stereocenters. The molecule has 2 fully saturated rings. The molecule has 6 heteroatoms. The van der Waals surface area contributed by atoms with E-state index in [4.69, 9.17) is 14.2 Å². The number of hydrogen-bond acceptors (Lipinski definition) is 5. The molecule has 1 aliphatic carbocycles. The Bertz CT molecular complexity index is 509. The van der Waals surface area contributed by atoms with E-state index in [1.807, 2.05) is 20.8 Å². The van der Waals surface area contributed by atoms with E-state index in [1.54, 1.807) is 4.90 Å². The molecule has 0 N–H and O–H groups in total. The first-order valence-electron chi connectivity index (χ1n) is 9.85. The fraction of sp³-hybridized carbons (Fsp3) is 0.900. The summed E-state index contributed by atoms with van der Waals surface area (Å²) < 4.78 is 16.6. The van der Waals surface area contributed by atoms with E-state index in [0.717, 1.165) is 38.7 Å². The minimum absolute atomic E-state index is 0.0213. The number of hydrogen-bond donors (Lipinski definition) is 0. The second-order valence-electron chi connectivity index (χ2n) is 8.84. The molecule has 1 amide bonds. The van der Waals surface area contributed by atoms with E-state index in [0.29, 0.717) is 26.0 Å². The van der Waals surface area contributed by atoms with Crippen molar-refractivity contribution in [3.8, 4) is 0 Å². The molecule has 1 atom stereocenters. The minimum atomic E-state index is -0.929. The molecule has 0 aromatic heterocycles. The minimum Gasteiger partial charge on any atom is -0.467 e. The maximum absolute atomic E-state index is 12.8. The largest absolute Gasteiger partial charge is 0.467 e. The molecule has 26 heavy (non-hydrogen) atoms. The van der Waals surface area contributed by atoms with Gasteiger partial charge in [0, 0.05) is 13.2 Å². The quantitative estimate of drug-likeness (QED) is 0.479. The second kappa shape index (κ2) is 8.15. The molecule has 0 aromatic rings. The van der Waals surface area contributed by atoms with Crippen LogP contribution in [0.15, 0.2) is 0 Å². The van der Waals surface area contributed by atoms with Crippen LogP contribution in [-0.2, 0) is 19.0 Å². The van der Waals surface area contributed by atoms with Crippen molar-refractivity contribution in [1.82, 2.24) is 4.90 Å². The van der Waals surface area contributed by atoms with Crippen molar-refractivity contribution < 1.29 is 23.8 Å². The van der Waals surface area contributed by atoms with Crippen molar-refractivity contribution in [3.05, 3.63) is 0 Å². The molecule has 1 saturated heterocycles. The number of likely N-dealkylation sites (tertiary alicyclic amines) is 1. The SMILES string of the molecule is CCCCOCC1(CC2(C(=O)OC)CCCN2C(=O)OC(C)(C)C)CC1. The lowest BCUT2D eigenvalue weighted by atomic mass is 9.83. The summed E-state index contributed by atoms with van der Waals surface area (Å²) in [5.74, 6) is -0.333. The lowest BCUT2D eigenvalue weighted by molar-refractivity contribution is -0.155. The van der Waals surface area contributed by atoms with Crippen LogP contribution in [0.2, 0.25) is 0 Å². The summed E-state index contributed by atoms with van der Waals surface area (Å²) in [5, 5.41) is 0.